The second-order valence-electron chi connectivity index (χ2n) is 10.3. The van der Waals surface area contributed by atoms with E-state index in [4.69, 9.17) is 4.12 Å². The zero-order valence-electron chi connectivity index (χ0n) is 24.0. The molecule has 0 heterocycles. The zero-order valence-corrected chi connectivity index (χ0v) is 26.0. The minimum atomic E-state index is -3.34. The van der Waals surface area contributed by atoms with Crippen molar-refractivity contribution in [2.24, 2.45) is 0 Å². The van der Waals surface area contributed by atoms with Gasteiger partial charge >= 0.3 is 17.1 Å². The van der Waals surface area contributed by atoms with Gasteiger partial charge in [-0.3, -0.25) is 0 Å². The van der Waals surface area contributed by atoms with Crippen molar-refractivity contribution >= 4 is 30.5 Å². The zero-order chi connectivity index (χ0) is 26.0. The SMILES string of the molecule is CCB(CC)/C(CC)=C(\CN(C)C)[Si](C)(O)O[Si](C)(O)/C(CN(C)C)=C(\CC)B(CC)CC. The lowest BCUT2D eigenvalue weighted by Gasteiger charge is -2.38. The molecule has 0 saturated heterocycles. The smallest absolute Gasteiger partial charge is 0.354 e. The van der Waals surface area contributed by atoms with Crippen LogP contribution >= 0.6 is 0 Å². The van der Waals surface area contributed by atoms with Crippen molar-refractivity contribution in [3.8, 4) is 0 Å². The van der Waals surface area contributed by atoms with E-state index in [1.807, 2.05) is 41.3 Å². The van der Waals surface area contributed by atoms with Crippen LogP contribution in [0.4, 0.5) is 0 Å². The number of allylic oxidation sites excluding steroid dienone is 2. The monoisotopic (exact) mass is 496 g/mol. The molecule has 0 radical (unpaired) electrons. The summed E-state index contributed by atoms with van der Waals surface area (Å²) in [6, 6.07) is 0. The topological polar surface area (TPSA) is 56.2 Å². The lowest BCUT2D eigenvalue weighted by Crippen LogP contribution is -2.55. The molecule has 2 atom stereocenters. The molecule has 0 fully saturated rings. The van der Waals surface area contributed by atoms with E-state index in [1.165, 1.54) is 10.9 Å². The van der Waals surface area contributed by atoms with Crippen LogP contribution in [0.5, 0.6) is 0 Å². The van der Waals surface area contributed by atoms with Gasteiger partial charge in [0.25, 0.3) is 0 Å². The van der Waals surface area contributed by atoms with Crippen molar-refractivity contribution in [1.82, 2.24) is 9.80 Å². The molecule has 0 amide bonds. The van der Waals surface area contributed by atoms with Crippen molar-refractivity contribution in [2.75, 3.05) is 41.3 Å². The molecule has 0 aliphatic carbocycles. The van der Waals surface area contributed by atoms with Gasteiger partial charge in [0.2, 0.25) is 0 Å². The maximum Gasteiger partial charge on any atom is 0.354 e. The van der Waals surface area contributed by atoms with E-state index in [-0.39, 0.29) is 0 Å². The average molecular weight is 497 g/mol. The van der Waals surface area contributed by atoms with E-state index in [0.717, 1.165) is 48.5 Å². The van der Waals surface area contributed by atoms with Crippen LogP contribution in [0, 0.1) is 0 Å². The van der Waals surface area contributed by atoms with E-state index >= 15 is 0 Å². The van der Waals surface area contributed by atoms with E-state index in [9.17, 15) is 9.59 Å². The normalized spacial score (nSPS) is 17.5. The van der Waals surface area contributed by atoms with Crippen LogP contribution < -0.4 is 0 Å². The Hall–Kier alpha value is -0.156. The predicted octanol–water partition coefficient (Wildman–Crippen LogP) is 4.89. The molecule has 192 valence electrons. The Labute approximate surface area is 209 Å². The molecule has 2 N–H and O–H groups in total. The molecule has 0 aliphatic heterocycles. The number of nitrogens with zero attached hydrogens (tertiary/aromatic N) is 2. The Kier molecular flexibility index (Phi) is 15.0. The van der Waals surface area contributed by atoms with Crippen molar-refractivity contribution < 1.29 is 13.7 Å². The van der Waals surface area contributed by atoms with Gasteiger partial charge in [0.15, 0.2) is 13.4 Å². The number of likely N-dealkylation sites (N-methyl/N-ethyl adjacent to an activating group) is 2. The minimum absolute atomic E-state index is 0.437. The summed E-state index contributed by atoms with van der Waals surface area (Å²) in [5, 5.41) is 2.09. The molecule has 9 heteroatoms. The summed E-state index contributed by atoms with van der Waals surface area (Å²) >= 11 is 0. The lowest BCUT2D eigenvalue weighted by atomic mass is 9.40. The van der Waals surface area contributed by atoms with Crippen LogP contribution in [0.15, 0.2) is 21.3 Å². The van der Waals surface area contributed by atoms with Gasteiger partial charge in [-0.1, -0.05) is 66.8 Å². The van der Waals surface area contributed by atoms with Crippen molar-refractivity contribution in [2.45, 2.75) is 92.8 Å². The highest BCUT2D eigenvalue weighted by Crippen LogP contribution is 2.32. The van der Waals surface area contributed by atoms with Crippen molar-refractivity contribution in [3.63, 3.8) is 0 Å². The summed E-state index contributed by atoms with van der Waals surface area (Å²) in [4.78, 5) is 28.2. The summed E-state index contributed by atoms with van der Waals surface area (Å²) in [5.74, 6) is 0. The van der Waals surface area contributed by atoms with Crippen LogP contribution in [-0.4, -0.2) is 91.2 Å². The van der Waals surface area contributed by atoms with Crippen LogP contribution in [0.3, 0.4) is 0 Å². The fourth-order valence-corrected chi connectivity index (χ4v) is 12.5. The average Bonchev–Trinajstić information content (AvgIpc) is 2.71. The van der Waals surface area contributed by atoms with E-state index < -0.39 is 17.1 Å². The molecule has 0 aromatic carbocycles. The quantitative estimate of drug-likeness (QED) is 0.298. The molecule has 2 unspecified atom stereocenters. The molecule has 0 bridgehead atoms. The second kappa shape index (κ2) is 15.1. The first kappa shape index (κ1) is 32.8. The maximum atomic E-state index is 12.0. The Morgan fingerprint density at radius 1 is 0.636 bits per heavy atom. The molecule has 0 spiro atoms. The van der Waals surface area contributed by atoms with E-state index in [0.29, 0.717) is 26.5 Å². The van der Waals surface area contributed by atoms with Gasteiger partial charge in [0.05, 0.1) is 0 Å². The Morgan fingerprint density at radius 3 is 1.09 bits per heavy atom. The maximum absolute atomic E-state index is 12.0. The van der Waals surface area contributed by atoms with Gasteiger partial charge in [-0.25, -0.2) is 0 Å². The van der Waals surface area contributed by atoms with Crippen molar-refractivity contribution in [1.29, 1.82) is 0 Å². The number of rotatable bonds is 16. The van der Waals surface area contributed by atoms with Crippen LogP contribution in [-0.2, 0) is 4.12 Å². The van der Waals surface area contributed by atoms with Gasteiger partial charge in [-0.05, 0) is 64.5 Å². The lowest BCUT2D eigenvalue weighted by molar-refractivity contribution is 0.312. The molecular formula is C24H54B2N2O3Si2. The molecule has 0 aromatic rings. The Bertz CT molecular complexity index is 592. The molecule has 0 saturated carbocycles. The first-order valence-corrected chi connectivity index (χ1v) is 17.9. The fraction of sp³-hybridized carbons (Fsp3) is 0.833. The summed E-state index contributed by atoms with van der Waals surface area (Å²) in [6.45, 7) is 19.2. The molecule has 5 nitrogen and oxygen atoms in total. The molecule has 0 aliphatic rings. The highest BCUT2D eigenvalue weighted by Gasteiger charge is 2.46. The van der Waals surface area contributed by atoms with E-state index in [1.54, 1.807) is 0 Å². The molecule has 0 aromatic heterocycles. The number of hydrogen-bond acceptors (Lipinski definition) is 5. The molecule has 0 rings (SSSR count). The van der Waals surface area contributed by atoms with Crippen molar-refractivity contribution in [3.05, 3.63) is 21.3 Å². The fourth-order valence-electron chi connectivity index (χ4n) is 5.29. The van der Waals surface area contributed by atoms with E-state index in [2.05, 4.69) is 51.3 Å². The highest BCUT2D eigenvalue weighted by atomic mass is 28.5. The third-order valence-electron chi connectivity index (χ3n) is 6.96. The Balaban J connectivity index is 6.73. The van der Waals surface area contributed by atoms with Gasteiger partial charge in [0.1, 0.15) is 0 Å². The summed E-state index contributed by atoms with van der Waals surface area (Å²) in [7, 11) is 1.48. The largest absolute Gasteiger partial charge is 0.408 e. The van der Waals surface area contributed by atoms with Crippen LogP contribution in [0.25, 0.3) is 0 Å². The van der Waals surface area contributed by atoms with Gasteiger partial charge in [-0.15, -0.1) is 10.9 Å². The standard InChI is InChI=1S/C24H54B2N2O3Si2/c1-13-21(25(15-3)16-4)23(19-27(7)8)32(11,29)31-33(12,30)24(20-28(9)10)22(14-2)26(17-5)18-6/h29-30H,13-20H2,1-12H3/b23-21+,24-22+. The third-order valence-corrected chi connectivity index (χ3v) is 13.3. The molecular weight excluding hydrogens is 442 g/mol. The third kappa shape index (κ3) is 9.78. The van der Waals surface area contributed by atoms with Gasteiger partial charge < -0.3 is 23.5 Å². The molecule has 33 heavy (non-hydrogen) atoms. The number of hydrogen-bond donors (Lipinski definition) is 2. The summed E-state index contributed by atoms with van der Waals surface area (Å²) in [6.07, 6.45) is 6.01. The predicted molar refractivity (Wildman–Crippen MR) is 154 cm³/mol. The minimum Gasteiger partial charge on any atom is -0.408 e. The summed E-state index contributed by atoms with van der Waals surface area (Å²) in [5.41, 5.74) is 2.65. The van der Waals surface area contributed by atoms with Gasteiger partial charge in [-0.2, -0.15) is 0 Å². The highest BCUT2D eigenvalue weighted by molar-refractivity contribution is 6.88. The second-order valence-corrected chi connectivity index (χ2v) is 16.2. The van der Waals surface area contributed by atoms with Gasteiger partial charge in [0, 0.05) is 13.1 Å². The van der Waals surface area contributed by atoms with Crippen LogP contribution in [0.2, 0.25) is 38.4 Å². The first-order valence-electron chi connectivity index (χ1n) is 13.1. The Morgan fingerprint density at radius 2 is 0.909 bits per heavy atom. The summed E-state index contributed by atoms with van der Waals surface area (Å²) < 4.78 is 6.62. The van der Waals surface area contributed by atoms with Crippen LogP contribution in [0.1, 0.15) is 54.4 Å². The first-order chi connectivity index (χ1) is 15.3.